The van der Waals surface area contributed by atoms with E-state index in [2.05, 4.69) is 4.98 Å². The van der Waals surface area contributed by atoms with Gasteiger partial charge in [-0.05, 0) is 42.0 Å². The van der Waals surface area contributed by atoms with Gasteiger partial charge in [0.15, 0.2) is 0 Å². The first kappa shape index (κ1) is 10.7. The van der Waals surface area contributed by atoms with E-state index in [1.165, 1.54) is 6.07 Å². The highest BCUT2D eigenvalue weighted by Crippen LogP contribution is 2.27. The first-order valence-electron chi connectivity index (χ1n) is 5.64. The fourth-order valence-corrected chi connectivity index (χ4v) is 2.01. The largest absolute Gasteiger partial charge is 0.399 e. The van der Waals surface area contributed by atoms with Crippen molar-refractivity contribution in [1.29, 1.82) is 0 Å². The molecule has 0 spiro atoms. The van der Waals surface area contributed by atoms with E-state index in [4.69, 9.17) is 5.73 Å². The molecule has 18 heavy (non-hydrogen) atoms. The van der Waals surface area contributed by atoms with Gasteiger partial charge in [-0.15, -0.1) is 0 Å². The van der Waals surface area contributed by atoms with Crippen LogP contribution >= 0.6 is 0 Å². The lowest BCUT2D eigenvalue weighted by Gasteiger charge is -2.06. The highest BCUT2D eigenvalue weighted by molar-refractivity contribution is 5.84. The molecule has 88 valence electrons. The molecule has 0 bridgehead atoms. The predicted molar refractivity (Wildman–Crippen MR) is 71.5 cm³/mol. The van der Waals surface area contributed by atoms with Crippen LogP contribution < -0.4 is 5.73 Å². The van der Waals surface area contributed by atoms with Gasteiger partial charge in [0, 0.05) is 22.8 Å². The number of aromatic nitrogens is 1. The SMILES string of the molecule is Nc1ccc(F)c(-c2ccc3ncccc3c2)c1. The average molecular weight is 238 g/mol. The summed E-state index contributed by atoms with van der Waals surface area (Å²) in [5.41, 5.74) is 8.47. The highest BCUT2D eigenvalue weighted by Gasteiger charge is 2.06. The fourth-order valence-electron chi connectivity index (χ4n) is 2.01. The van der Waals surface area contributed by atoms with E-state index in [1.807, 2.05) is 30.3 Å². The lowest BCUT2D eigenvalue weighted by molar-refractivity contribution is 0.631. The molecular weight excluding hydrogens is 227 g/mol. The molecule has 2 nitrogen and oxygen atoms in total. The second kappa shape index (κ2) is 4.11. The minimum absolute atomic E-state index is 0.271. The van der Waals surface area contributed by atoms with Crippen molar-refractivity contribution < 1.29 is 4.39 Å². The van der Waals surface area contributed by atoms with Crippen molar-refractivity contribution in [2.45, 2.75) is 0 Å². The first-order valence-corrected chi connectivity index (χ1v) is 5.64. The predicted octanol–water partition coefficient (Wildman–Crippen LogP) is 3.62. The van der Waals surface area contributed by atoms with Crippen LogP contribution in [-0.4, -0.2) is 4.98 Å². The number of halogens is 1. The van der Waals surface area contributed by atoms with Crippen molar-refractivity contribution in [3.05, 3.63) is 60.5 Å². The molecule has 3 aromatic rings. The molecule has 2 aromatic carbocycles. The number of hydrogen-bond acceptors (Lipinski definition) is 2. The molecule has 3 rings (SSSR count). The zero-order valence-electron chi connectivity index (χ0n) is 9.60. The van der Waals surface area contributed by atoms with E-state index in [9.17, 15) is 4.39 Å². The van der Waals surface area contributed by atoms with Gasteiger partial charge < -0.3 is 5.73 Å². The number of nitrogens with two attached hydrogens (primary N) is 1. The lowest BCUT2D eigenvalue weighted by atomic mass is 10.0. The Hall–Kier alpha value is -2.42. The second-order valence-electron chi connectivity index (χ2n) is 4.15. The van der Waals surface area contributed by atoms with Gasteiger partial charge in [0.1, 0.15) is 5.82 Å². The number of anilines is 1. The van der Waals surface area contributed by atoms with Crippen LogP contribution in [0.5, 0.6) is 0 Å². The van der Waals surface area contributed by atoms with E-state index in [0.717, 1.165) is 16.5 Å². The summed E-state index contributed by atoms with van der Waals surface area (Å²) in [6.07, 6.45) is 1.74. The molecule has 2 N–H and O–H groups in total. The van der Waals surface area contributed by atoms with Crippen LogP contribution in [0, 0.1) is 5.82 Å². The summed E-state index contributed by atoms with van der Waals surface area (Å²) >= 11 is 0. The van der Waals surface area contributed by atoms with Gasteiger partial charge in [0.05, 0.1) is 5.52 Å². The van der Waals surface area contributed by atoms with E-state index in [0.29, 0.717) is 11.3 Å². The maximum Gasteiger partial charge on any atom is 0.131 e. The van der Waals surface area contributed by atoms with Crippen LogP contribution in [0.1, 0.15) is 0 Å². The zero-order chi connectivity index (χ0) is 12.5. The molecule has 1 heterocycles. The minimum Gasteiger partial charge on any atom is -0.399 e. The second-order valence-corrected chi connectivity index (χ2v) is 4.15. The van der Waals surface area contributed by atoms with Crippen LogP contribution in [0.3, 0.4) is 0 Å². The van der Waals surface area contributed by atoms with Crippen LogP contribution in [0.2, 0.25) is 0 Å². The normalized spacial score (nSPS) is 10.7. The molecule has 0 aliphatic carbocycles. The smallest absolute Gasteiger partial charge is 0.131 e. The molecule has 0 saturated carbocycles. The summed E-state index contributed by atoms with van der Waals surface area (Å²) in [5.74, 6) is -0.271. The average Bonchev–Trinajstić information content (AvgIpc) is 2.41. The van der Waals surface area contributed by atoms with Gasteiger partial charge in [-0.2, -0.15) is 0 Å². The van der Waals surface area contributed by atoms with Gasteiger partial charge in [-0.25, -0.2) is 4.39 Å². The Morgan fingerprint density at radius 2 is 1.89 bits per heavy atom. The Bertz CT molecular complexity index is 723. The molecule has 0 aliphatic heterocycles. The van der Waals surface area contributed by atoms with Crippen molar-refractivity contribution in [3.8, 4) is 11.1 Å². The first-order chi connectivity index (χ1) is 8.74. The van der Waals surface area contributed by atoms with E-state index < -0.39 is 0 Å². The Kier molecular flexibility index (Phi) is 2.45. The zero-order valence-corrected chi connectivity index (χ0v) is 9.60. The Morgan fingerprint density at radius 1 is 1.00 bits per heavy atom. The molecular formula is C15H11FN2. The number of hydrogen-bond donors (Lipinski definition) is 1. The number of nitrogens with zero attached hydrogens (tertiary/aromatic N) is 1. The summed E-state index contributed by atoms with van der Waals surface area (Å²) in [6, 6.07) is 14.1. The van der Waals surface area contributed by atoms with Crippen molar-refractivity contribution in [2.75, 3.05) is 5.73 Å². The Morgan fingerprint density at radius 3 is 2.78 bits per heavy atom. The number of fused-ring (bicyclic) bond motifs is 1. The molecule has 0 fully saturated rings. The molecule has 1 aromatic heterocycles. The Labute approximate surface area is 104 Å². The third-order valence-corrected chi connectivity index (χ3v) is 2.90. The molecule has 0 unspecified atom stereocenters. The van der Waals surface area contributed by atoms with E-state index in [1.54, 1.807) is 18.3 Å². The van der Waals surface area contributed by atoms with Gasteiger partial charge in [-0.3, -0.25) is 4.98 Å². The number of benzene rings is 2. The summed E-state index contributed by atoms with van der Waals surface area (Å²) in [5, 5.41) is 0.983. The lowest BCUT2D eigenvalue weighted by Crippen LogP contribution is -1.90. The quantitative estimate of drug-likeness (QED) is 0.657. The molecule has 0 saturated heterocycles. The van der Waals surface area contributed by atoms with Gasteiger partial charge >= 0.3 is 0 Å². The Balaban J connectivity index is 2.22. The third kappa shape index (κ3) is 1.80. The van der Waals surface area contributed by atoms with Crippen molar-refractivity contribution in [1.82, 2.24) is 4.98 Å². The van der Waals surface area contributed by atoms with Crippen molar-refractivity contribution >= 4 is 16.6 Å². The van der Waals surface area contributed by atoms with Crippen molar-refractivity contribution in [3.63, 3.8) is 0 Å². The molecule has 3 heteroatoms. The topological polar surface area (TPSA) is 38.9 Å². The summed E-state index contributed by atoms with van der Waals surface area (Å²) < 4.78 is 13.8. The number of pyridine rings is 1. The fraction of sp³-hybridized carbons (Fsp3) is 0. The maximum absolute atomic E-state index is 13.8. The van der Waals surface area contributed by atoms with E-state index >= 15 is 0 Å². The summed E-state index contributed by atoms with van der Waals surface area (Å²) in [7, 11) is 0. The maximum atomic E-state index is 13.8. The monoisotopic (exact) mass is 238 g/mol. The summed E-state index contributed by atoms with van der Waals surface area (Å²) in [6.45, 7) is 0. The van der Waals surface area contributed by atoms with Crippen LogP contribution in [0.25, 0.3) is 22.0 Å². The van der Waals surface area contributed by atoms with Gasteiger partial charge in [0.2, 0.25) is 0 Å². The highest BCUT2D eigenvalue weighted by atomic mass is 19.1. The van der Waals surface area contributed by atoms with Crippen LogP contribution in [0.4, 0.5) is 10.1 Å². The molecule has 0 aliphatic rings. The van der Waals surface area contributed by atoms with Gasteiger partial charge in [-0.1, -0.05) is 12.1 Å². The van der Waals surface area contributed by atoms with Crippen molar-refractivity contribution in [2.24, 2.45) is 0 Å². The molecule has 0 radical (unpaired) electrons. The minimum atomic E-state index is -0.271. The van der Waals surface area contributed by atoms with E-state index in [-0.39, 0.29) is 5.82 Å². The molecule has 0 amide bonds. The standard InChI is InChI=1S/C15H11FN2/c16-14-5-4-12(17)9-13(14)10-3-6-15-11(8-10)2-1-7-18-15/h1-9H,17H2. The summed E-state index contributed by atoms with van der Waals surface area (Å²) in [4.78, 5) is 4.24. The van der Waals surface area contributed by atoms with Crippen LogP contribution in [0.15, 0.2) is 54.7 Å². The third-order valence-electron chi connectivity index (χ3n) is 2.90. The number of rotatable bonds is 1. The van der Waals surface area contributed by atoms with Gasteiger partial charge in [0.25, 0.3) is 0 Å². The number of nitrogen functional groups attached to an aromatic ring is 1. The van der Waals surface area contributed by atoms with Crippen LogP contribution in [-0.2, 0) is 0 Å². The molecule has 0 atom stereocenters.